The van der Waals surface area contributed by atoms with Gasteiger partial charge in [-0.1, -0.05) is 26.0 Å². The van der Waals surface area contributed by atoms with Crippen LogP contribution >= 0.6 is 11.3 Å². The molecule has 0 saturated heterocycles. The van der Waals surface area contributed by atoms with Crippen LogP contribution in [-0.4, -0.2) is 24.0 Å². The molecule has 23 heavy (non-hydrogen) atoms. The van der Waals surface area contributed by atoms with Gasteiger partial charge in [0.25, 0.3) is 5.91 Å². The Morgan fingerprint density at radius 3 is 3.00 bits per heavy atom. The maximum Gasteiger partial charge on any atom is 0.270 e. The summed E-state index contributed by atoms with van der Waals surface area (Å²) < 4.78 is 5.75. The largest absolute Gasteiger partial charge is 0.493 e. The van der Waals surface area contributed by atoms with Crippen LogP contribution in [0, 0.1) is 11.8 Å². The summed E-state index contributed by atoms with van der Waals surface area (Å²) in [5.41, 5.74) is 1.48. The zero-order valence-electron chi connectivity index (χ0n) is 13.5. The fraction of sp³-hybridized carbons (Fsp3) is 0.444. The highest BCUT2D eigenvalue weighted by molar-refractivity contribution is 7.13. The SMILES string of the molecule is CC(C)COc1cccc(-c2nc(C(=O)NCC3CC3)cs2)c1. The number of rotatable bonds is 7. The van der Waals surface area contributed by atoms with Crippen LogP contribution in [0.1, 0.15) is 37.2 Å². The van der Waals surface area contributed by atoms with Crippen molar-refractivity contribution in [3.8, 4) is 16.3 Å². The van der Waals surface area contributed by atoms with E-state index in [9.17, 15) is 4.79 Å². The number of ether oxygens (including phenoxy) is 1. The first kappa shape index (κ1) is 16.0. The molecule has 1 saturated carbocycles. The van der Waals surface area contributed by atoms with Crippen LogP contribution in [0.15, 0.2) is 29.6 Å². The van der Waals surface area contributed by atoms with Crippen LogP contribution in [0.25, 0.3) is 10.6 Å². The molecule has 0 spiro atoms. The van der Waals surface area contributed by atoms with E-state index in [1.165, 1.54) is 24.2 Å². The summed E-state index contributed by atoms with van der Waals surface area (Å²) in [5.74, 6) is 1.92. The number of amides is 1. The number of thiazole rings is 1. The van der Waals surface area contributed by atoms with Gasteiger partial charge in [0.15, 0.2) is 0 Å². The fourth-order valence-corrected chi connectivity index (χ4v) is 2.94. The second kappa shape index (κ2) is 7.13. The molecule has 1 heterocycles. The van der Waals surface area contributed by atoms with Crippen molar-refractivity contribution in [2.75, 3.05) is 13.2 Å². The molecule has 3 rings (SSSR count). The number of hydrogen-bond acceptors (Lipinski definition) is 4. The molecule has 1 N–H and O–H groups in total. The summed E-state index contributed by atoms with van der Waals surface area (Å²) in [6.07, 6.45) is 2.46. The topological polar surface area (TPSA) is 51.2 Å². The maximum atomic E-state index is 12.1. The third-order valence-corrected chi connectivity index (χ3v) is 4.54. The lowest BCUT2D eigenvalue weighted by Crippen LogP contribution is -2.25. The van der Waals surface area contributed by atoms with Gasteiger partial charge in [-0.25, -0.2) is 4.98 Å². The fourth-order valence-electron chi connectivity index (χ4n) is 2.14. The quantitative estimate of drug-likeness (QED) is 0.835. The standard InChI is InChI=1S/C18H22N2O2S/c1-12(2)10-22-15-5-3-4-14(8-15)18-20-16(11-23-18)17(21)19-9-13-6-7-13/h3-5,8,11-13H,6-7,9-10H2,1-2H3,(H,19,21). The Balaban J connectivity index is 1.66. The number of carbonyl (C=O) groups is 1. The lowest BCUT2D eigenvalue weighted by Gasteiger charge is -2.09. The smallest absolute Gasteiger partial charge is 0.270 e. The number of benzene rings is 1. The Kier molecular flexibility index (Phi) is 4.96. The molecule has 1 aromatic heterocycles. The molecule has 0 aliphatic heterocycles. The number of carbonyl (C=O) groups excluding carboxylic acids is 1. The predicted octanol–water partition coefficient (Wildman–Crippen LogP) is 3.98. The normalized spacial score (nSPS) is 14.0. The highest BCUT2D eigenvalue weighted by atomic mass is 32.1. The van der Waals surface area contributed by atoms with E-state index in [2.05, 4.69) is 24.1 Å². The summed E-state index contributed by atoms with van der Waals surface area (Å²) in [6.45, 7) is 5.70. The Hall–Kier alpha value is -1.88. The van der Waals surface area contributed by atoms with E-state index in [0.717, 1.165) is 22.9 Å². The summed E-state index contributed by atoms with van der Waals surface area (Å²) in [4.78, 5) is 16.5. The molecule has 0 radical (unpaired) electrons. The van der Waals surface area contributed by atoms with E-state index in [0.29, 0.717) is 24.1 Å². The minimum atomic E-state index is -0.0772. The summed E-state index contributed by atoms with van der Waals surface area (Å²) in [5, 5.41) is 5.61. The molecule has 122 valence electrons. The molecule has 1 fully saturated rings. The number of nitrogens with zero attached hydrogens (tertiary/aromatic N) is 1. The van der Waals surface area contributed by atoms with Crippen molar-refractivity contribution in [3.63, 3.8) is 0 Å². The minimum Gasteiger partial charge on any atom is -0.493 e. The van der Waals surface area contributed by atoms with Crippen LogP contribution in [0.5, 0.6) is 5.75 Å². The van der Waals surface area contributed by atoms with E-state index in [1.54, 1.807) is 0 Å². The second-order valence-corrected chi connectivity index (χ2v) is 7.28. The molecule has 1 amide bonds. The second-order valence-electron chi connectivity index (χ2n) is 6.42. The van der Waals surface area contributed by atoms with Crippen molar-refractivity contribution in [2.45, 2.75) is 26.7 Å². The summed E-state index contributed by atoms with van der Waals surface area (Å²) in [6, 6.07) is 7.88. The van der Waals surface area contributed by atoms with Crippen molar-refractivity contribution >= 4 is 17.2 Å². The molecule has 0 unspecified atom stereocenters. The average molecular weight is 330 g/mol. The molecule has 0 atom stereocenters. The van der Waals surface area contributed by atoms with E-state index < -0.39 is 0 Å². The van der Waals surface area contributed by atoms with Crippen LogP contribution < -0.4 is 10.1 Å². The van der Waals surface area contributed by atoms with Crippen molar-refractivity contribution < 1.29 is 9.53 Å². The van der Waals surface area contributed by atoms with Crippen molar-refractivity contribution in [2.24, 2.45) is 11.8 Å². The lowest BCUT2D eigenvalue weighted by molar-refractivity contribution is 0.0947. The molecular formula is C18H22N2O2S. The molecule has 5 heteroatoms. The predicted molar refractivity (Wildman–Crippen MR) is 92.9 cm³/mol. The van der Waals surface area contributed by atoms with Gasteiger partial charge in [-0.15, -0.1) is 11.3 Å². The monoisotopic (exact) mass is 330 g/mol. The van der Waals surface area contributed by atoms with Crippen molar-refractivity contribution in [1.82, 2.24) is 10.3 Å². The van der Waals surface area contributed by atoms with Gasteiger partial charge in [0.1, 0.15) is 16.5 Å². The van der Waals surface area contributed by atoms with Crippen LogP contribution in [0.4, 0.5) is 0 Å². The van der Waals surface area contributed by atoms with Crippen LogP contribution in [-0.2, 0) is 0 Å². The molecule has 4 nitrogen and oxygen atoms in total. The first-order chi connectivity index (χ1) is 11.1. The third kappa shape index (κ3) is 4.55. The van der Waals surface area contributed by atoms with Crippen molar-refractivity contribution in [3.05, 3.63) is 35.3 Å². The number of aromatic nitrogens is 1. The molecule has 1 aromatic carbocycles. The van der Waals surface area contributed by atoms with E-state index in [-0.39, 0.29) is 5.91 Å². The minimum absolute atomic E-state index is 0.0772. The Morgan fingerprint density at radius 1 is 1.43 bits per heavy atom. The Morgan fingerprint density at radius 2 is 2.26 bits per heavy atom. The number of nitrogens with one attached hydrogen (secondary N) is 1. The van der Waals surface area contributed by atoms with Gasteiger partial charge in [-0.05, 0) is 36.8 Å². The first-order valence-electron chi connectivity index (χ1n) is 8.09. The third-order valence-electron chi connectivity index (χ3n) is 3.65. The first-order valence-corrected chi connectivity index (χ1v) is 8.96. The van der Waals surface area contributed by atoms with E-state index in [1.807, 2.05) is 29.6 Å². The van der Waals surface area contributed by atoms with Crippen molar-refractivity contribution in [1.29, 1.82) is 0 Å². The van der Waals surface area contributed by atoms with Crippen LogP contribution in [0.2, 0.25) is 0 Å². The number of hydrogen-bond donors (Lipinski definition) is 1. The lowest BCUT2D eigenvalue weighted by atomic mass is 10.2. The Labute approximate surface area is 140 Å². The molecule has 1 aliphatic rings. The summed E-state index contributed by atoms with van der Waals surface area (Å²) in [7, 11) is 0. The highest BCUT2D eigenvalue weighted by Crippen LogP contribution is 2.29. The zero-order chi connectivity index (χ0) is 16.2. The van der Waals surface area contributed by atoms with E-state index >= 15 is 0 Å². The van der Waals surface area contributed by atoms with Gasteiger partial charge in [-0.3, -0.25) is 4.79 Å². The zero-order valence-corrected chi connectivity index (χ0v) is 14.4. The van der Waals surface area contributed by atoms with Gasteiger partial charge >= 0.3 is 0 Å². The van der Waals surface area contributed by atoms with Gasteiger partial charge < -0.3 is 10.1 Å². The van der Waals surface area contributed by atoms with Gasteiger partial charge in [-0.2, -0.15) is 0 Å². The molecule has 2 aromatic rings. The highest BCUT2D eigenvalue weighted by Gasteiger charge is 2.22. The molecule has 1 aliphatic carbocycles. The van der Waals surface area contributed by atoms with Gasteiger partial charge in [0, 0.05) is 17.5 Å². The maximum absolute atomic E-state index is 12.1. The molecule has 0 bridgehead atoms. The van der Waals surface area contributed by atoms with E-state index in [4.69, 9.17) is 4.74 Å². The summed E-state index contributed by atoms with van der Waals surface area (Å²) >= 11 is 1.49. The van der Waals surface area contributed by atoms with Gasteiger partial charge in [0.2, 0.25) is 0 Å². The molecular weight excluding hydrogens is 308 g/mol. The Bertz CT molecular complexity index is 677. The van der Waals surface area contributed by atoms with Crippen LogP contribution in [0.3, 0.4) is 0 Å². The van der Waals surface area contributed by atoms with Gasteiger partial charge in [0.05, 0.1) is 6.61 Å². The average Bonchev–Trinajstić information content (AvgIpc) is 3.24.